The van der Waals surface area contributed by atoms with Crippen molar-refractivity contribution >= 4 is 26.3 Å². The van der Waals surface area contributed by atoms with Crippen LogP contribution in [-0.4, -0.2) is 66.7 Å². The van der Waals surface area contributed by atoms with Crippen LogP contribution in [0.1, 0.15) is 0 Å². The van der Waals surface area contributed by atoms with Gasteiger partial charge in [-0.3, -0.25) is 18.6 Å². The Labute approximate surface area is 155 Å². The van der Waals surface area contributed by atoms with Crippen LogP contribution >= 0.6 is 0 Å². The summed E-state index contributed by atoms with van der Waals surface area (Å²) in [6.07, 6.45) is -22.4. The third kappa shape index (κ3) is 4.58. The fourth-order valence-corrected chi connectivity index (χ4v) is 1.72. The second kappa shape index (κ2) is 7.32. The van der Waals surface area contributed by atoms with E-state index in [-0.39, 0.29) is 0 Å². The van der Waals surface area contributed by atoms with Crippen LogP contribution in [0.3, 0.4) is 0 Å². The van der Waals surface area contributed by atoms with Crippen molar-refractivity contribution in [3.8, 4) is 0 Å². The van der Waals surface area contributed by atoms with E-state index in [0.29, 0.717) is 0 Å². The van der Waals surface area contributed by atoms with Crippen molar-refractivity contribution in [2.24, 2.45) is 0 Å². The van der Waals surface area contributed by atoms with Gasteiger partial charge in [-0.2, -0.15) is 69.5 Å². The molecule has 0 saturated heterocycles. The topological polar surface area (TPSA) is 144 Å². The summed E-state index contributed by atoms with van der Waals surface area (Å²) >= 11 is 0. The summed E-state index contributed by atoms with van der Waals surface area (Å²) in [7, 11) is -14.9. The second-order valence-corrected chi connectivity index (χ2v) is 7.53. The van der Waals surface area contributed by atoms with Crippen LogP contribution in [-0.2, 0) is 34.5 Å². The smallest absolute Gasteiger partial charge is 0.281 e. The Morgan fingerprint density at radius 1 is 0.600 bits per heavy atom. The maximum Gasteiger partial charge on any atom is 0.460 e. The third-order valence-electron chi connectivity index (χ3n) is 2.48. The van der Waals surface area contributed by atoms with Gasteiger partial charge in [-0.25, -0.2) is 4.74 Å². The largest absolute Gasteiger partial charge is 0.460 e. The van der Waals surface area contributed by atoms with E-state index in [9.17, 15) is 74.3 Å². The minimum absolute atomic E-state index is 1.48. The molecule has 1 atom stereocenters. The van der Waals surface area contributed by atoms with Crippen LogP contribution in [0, 0.1) is 0 Å². The van der Waals surface area contributed by atoms with E-state index in [4.69, 9.17) is 9.11 Å². The summed E-state index contributed by atoms with van der Waals surface area (Å²) in [6, 6.07) is -4.82. The van der Waals surface area contributed by atoms with Crippen LogP contribution in [0.5, 0.6) is 0 Å². The molecule has 0 amide bonds. The van der Waals surface area contributed by atoms with E-state index in [1.54, 1.807) is 4.74 Å². The maximum absolute atomic E-state index is 13.6. The van der Waals surface area contributed by atoms with Crippen LogP contribution in [0.15, 0.2) is 0 Å². The van der Waals surface area contributed by atoms with Crippen molar-refractivity contribution in [2.45, 2.75) is 34.7 Å². The molecular formula is C7H2F12O9S2. The average Bonchev–Trinajstić information content (AvgIpc) is 2.42. The Bertz CT molecular complexity index is 897. The molecular weight excluding hydrogens is 520 g/mol. The molecule has 0 saturated carbocycles. The SMILES string of the molecule is O=C(F)C(F)(OC(F)(F)C(F)(F)S(=O)(=O)O)C(F)(F)OC(F)(F)C(F)(F)S(=O)(=O)O. The zero-order chi connectivity index (χ0) is 25.0. The van der Waals surface area contributed by atoms with Gasteiger partial charge in [0, 0.05) is 0 Å². The van der Waals surface area contributed by atoms with Gasteiger partial charge in [-0.1, -0.05) is 0 Å². The molecule has 30 heavy (non-hydrogen) atoms. The summed E-state index contributed by atoms with van der Waals surface area (Å²) in [5, 5.41) is -14.4. The molecule has 0 bridgehead atoms. The van der Waals surface area contributed by atoms with Crippen molar-refractivity contribution < 1.29 is 92.9 Å². The van der Waals surface area contributed by atoms with E-state index in [0.717, 1.165) is 0 Å². The molecule has 23 heteroatoms. The first-order valence-corrected chi connectivity index (χ1v) is 8.61. The molecule has 0 heterocycles. The highest BCUT2D eigenvalue weighted by molar-refractivity contribution is 7.87. The van der Waals surface area contributed by atoms with Gasteiger partial charge >= 0.3 is 61.0 Å². The van der Waals surface area contributed by atoms with Crippen LogP contribution in [0.25, 0.3) is 0 Å². The Kier molecular flexibility index (Phi) is 6.97. The molecule has 0 spiro atoms. The summed E-state index contributed by atoms with van der Waals surface area (Å²) in [4.78, 5) is 10.2. The minimum Gasteiger partial charge on any atom is -0.281 e. The predicted molar refractivity (Wildman–Crippen MR) is 60.0 cm³/mol. The van der Waals surface area contributed by atoms with Crippen LogP contribution in [0.4, 0.5) is 52.7 Å². The monoisotopic (exact) mass is 522 g/mol. The lowest BCUT2D eigenvalue weighted by Crippen LogP contribution is -2.63. The summed E-state index contributed by atoms with van der Waals surface area (Å²) in [5.74, 6) is -7.30. The highest BCUT2D eigenvalue weighted by Crippen LogP contribution is 2.50. The Morgan fingerprint density at radius 2 is 0.867 bits per heavy atom. The number of ether oxygens (including phenoxy) is 2. The molecule has 180 valence electrons. The first-order chi connectivity index (χ1) is 12.6. The van der Waals surface area contributed by atoms with Gasteiger partial charge in [-0.05, 0) is 0 Å². The maximum atomic E-state index is 13.6. The van der Waals surface area contributed by atoms with Gasteiger partial charge in [0.1, 0.15) is 0 Å². The van der Waals surface area contributed by atoms with Gasteiger partial charge in [-0.15, -0.1) is 0 Å². The molecule has 0 aromatic heterocycles. The molecule has 0 rings (SSSR count). The zero-order valence-electron chi connectivity index (χ0n) is 12.6. The second-order valence-electron chi connectivity index (χ2n) is 4.61. The molecule has 0 aliphatic rings. The first kappa shape index (κ1) is 28.6. The van der Waals surface area contributed by atoms with Crippen molar-refractivity contribution in [2.75, 3.05) is 0 Å². The number of rotatable bonds is 10. The summed E-state index contributed by atoms with van der Waals surface area (Å²) in [5.41, 5.74) is 0. The van der Waals surface area contributed by atoms with Crippen molar-refractivity contribution in [1.82, 2.24) is 0 Å². The number of carbonyl (C=O) groups excluding carboxylic acids is 1. The van der Waals surface area contributed by atoms with E-state index in [1.165, 1.54) is 4.74 Å². The van der Waals surface area contributed by atoms with Crippen LogP contribution < -0.4 is 0 Å². The molecule has 2 N–H and O–H groups in total. The number of hydrogen-bond donors (Lipinski definition) is 2. The standard InChI is InChI=1S/C7H2F12O9S2/c8-1(20)2(9,27-4(12,13)6(16,17)29(21,22)23)3(10,11)28-5(14,15)7(18,19)30(24,25)26/h(H,21,22,23)(H,24,25,26). The van der Waals surface area contributed by atoms with Gasteiger partial charge in [0.25, 0.3) is 0 Å². The molecule has 1 unspecified atom stereocenters. The lowest BCUT2D eigenvalue weighted by Gasteiger charge is -2.35. The highest BCUT2D eigenvalue weighted by atomic mass is 32.2. The zero-order valence-corrected chi connectivity index (χ0v) is 14.2. The molecule has 0 fully saturated rings. The van der Waals surface area contributed by atoms with Gasteiger partial charge < -0.3 is 0 Å². The minimum atomic E-state index is -7.57. The van der Waals surface area contributed by atoms with Gasteiger partial charge in [0.2, 0.25) is 0 Å². The third-order valence-corrected chi connectivity index (χ3v) is 4.25. The molecule has 0 aromatic rings. The molecule has 9 nitrogen and oxygen atoms in total. The van der Waals surface area contributed by atoms with Gasteiger partial charge in [0.05, 0.1) is 0 Å². The van der Waals surface area contributed by atoms with Crippen LogP contribution in [0.2, 0.25) is 0 Å². The van der Waals surface area contributed by atoms with E-state index in [1.807, 2.05) is 0 Å². The molecule has 0 aromatic carbocycles. The average molecular weight is 522 g/mol. The molecule has 0 aliphatic carbocycles. The Morgan fingerprint density at radius 3 is 1.10 bits per heavy atom. The van der Waals surface area contributed by atoms with E-state index >= 15 is 0 Å². The lowest BCUT2D eigenvalue weighted by molar-refractivity contribution is -0.492. The highest BCUT2D eigenvalue weighted by Gasteiger charge is 2.80. The van der Waals surface area contributed by atoms with Crippen molar-refractivity contribution in [1.29, 1.82) is 0 Å². The molecule has 0 radical (unpaired) electrons. The quantitative estimate of drug-likeness (QED) is 0.250. The Balaban J connectivity index is 6.49. The van der Waals surface area contributed by atoms with Crippen molar-refractivity contribution in [3.63, 3.8) is 0 Å². The predicted octanol–water partition coefficient (Wildman–Crippen LogP) is 1.92. The number of carbonyl (C=O) groups is 1. The number of alkyl halides is 11. The fourth-order valence-electron chi connectivity index (χ4n) is 1.04. The number of hydrogen-bond acceptors (Lipinski definition) is 7. The summed E-state index contributed by atoms with van der Waals surface area (Å²) < 4.78 is 215. The van der Waals surface area contributed by atoms with E-state index in [2.05, 4.69) is 0 Å². The first-order valence-electron chi connectivity index (χ1n) is 5.73. The van der Waals surface area contributed by atoms with Crippen molar-refractivity contribution in [3.05, 3.63) is 0 Å². The lowest BCUT2D eigenvalue weighted by atomic mass is 10.3. The van der Waals surface area contributed by atoms with E-state index < -0.39 is 61.0 Å². The fraction of sp³-hybridized carbons (Fsp3) is 0.857. The van der Waals surface area contributed by atoms with Gasteiger partial charge in [0.15, 0.2) is 0 Å². The number of halogens is 12. The summed E-state index contributed by atoms with van der Waals surface area (Å²) in [6.45, 7) is 0. The normalized spacial score (nSPS) is 17.5. The Hall–Kier alpha value is -1.43. The molecule has 0 aliphatic heterocycles.